The highest BCUT2D eigenvalue weighted by atomic mass is 32.1. The number of esters is 1. The van der Waals surface area contributed by atoms with Crippen molar-refractivity contribution in [1.82, 2.24) is 5.32 Å². The molecule has 0 atom stereocenters. The molecule has 0 unspecified atom stereocenters. The van der Waals surface area contributed by atoms with E-state index in [4.69, 9.17) is 17.0 Å². The van der Waals surface area contributed by atoms with E-state index in [2.05, 4.69) is 10.6 Å². The molecule has 138 valence electrons. The molecule has 1 aliphatic carbocycles. The van der Waals surface area contributed by atoms with E-state index in [1.807, 2.05) is 37.3 Å². The van der Waals surface area contributed by atoms with Gasteiger partial charge >= 0.3 is 5.97 Å². The van der Waals surface area contributed by atoms with Gasteiger partial charge < -0.3 is 15.4 Å². The van der Waals surface area contributed by atoms with Gasteiger partial charge in [-0.05, 0) is 37.5 Å². The zero-order valence-electron chi connectivity index (χ0n) is 15.1. The quantitative estimate of drug-likeness (QED) is 0.562. The van der Waals surface area contributed by atoms with Crippen LogP contribution in [0.4, 0.5) is 5.00 Å². The van der Waals surface area contributed by atoms with Gasteiger partial charge in [0.25, 0.3) is 0 Å². The van der Waals surface area contributed by atoms with Crippen molar-refractivity contribution in [2.75, 3.05) is 12.4 Å². The molecule has 1 fully saturated rings. The Hall–Kier alpha value is -1.92. The molecule has 1 aromatic carbocycles. The van der Waals surface area contributed by atoms with Crippen LogP contribution in [0.15, 0.2) is 30.3 Å². The van der Waals surface area contributed by atoms with Gasteiger partial charge in [0.15, 0.2) is 5.11 Å². The number of carbonyl (C=O) groups excluding carboxylic acids is 1. The number of thiophene rings is 1. The molecule has 4 nitrogen and oxygen atoms in total. The average molecular weight is 389 g/mol. The minimum Gasteiger partial charge on any atom is -0.465 e. The Balaban J connectivity index is 1.87. The molecular weight excluding hydrogens is 364 g/mol. The molecule has 26 heavy (non-hydrogen) atoms. The molecule has 0 bridgehead atoms. The van der Waals surface area contributed by atoms with Gasteiger partial charge in [0.1, 0.15) is 10.6 Å². The van der Waals surface area contributed by atoms with E-state index in [0.29, 0.717) is 16.7 Å². The van der Waals surface area contributed by atoms with Crippen LogP contribution in [0.2, 0.25) is 0 Å². The molecule has 3 rings (SSSR count). The summed E-state index contributed by atoms with van der Waals surface area (Å²) in [4.78, 5) is 13.5. The van der Waals surface area contributed by atoms with Crippen molar-refractivity contribution in [3.05, 3.63) is 40.8 Å². The van der Waals surface area contributed by atoms with Crippen molar-refractivity contribution < 1.29 is 9.53 Å². The summed E-state index contributed by atoms with van der Waals surface area (Å²) < 4.78 is 5.05. The molecule has 1 heterocycles. The van der Waals surface area contributed by atoms with Gasteiger partial charge in [0, 0.05) is 16.5 Å². The number of anilines is 1. The Morgan fingerprint density at radius 1 is 1.19 bits per heavy atom. The second-order valence-corrected chi connectivity index (χ2v) is 8.16. The standard InChI is InChI=1S/C20H24N2O2S2/c1-13-16(14-9-5-3-6-10-14)17(19(23)24-2)18(26-13)22-20(25)21-15-11-7-4-8-12-15/h3,5-6,9-10,15H,4,7-8,11-12H2,1-2H3,(H2,21,22,25). The van der Waals surface area contributed by atoms with Crippen LogP contribution in [-0.4, -0.2) is 24.2 Å². The smallest absolute Gasteiger partial charge is 0.341 e. The third-order valence-corrected chi connectivity index (χ3v) is 5.94. The molecule has 2 N–H and O–H groups in total. The molecule has 1 saturated carbocycles. The summed E-state index contributed by atoms with van der Waals surface area (Å²) in [6.07, 6.45) is 6.07. The second kappa shape index (κ2) is 8.64. The zero-order valence-corrected chi connectivity index (χ0v) is 16.8. The topological polar surface area (TPSA) is 50.4 Å². The maximum Gasteiger partial charge on any atom is 0.341 e. The van der Waals surface area contributed by atoms with E-state index in [0.717, 1.165) is 33.8 Å². The van der Waals surface area contributed by atoms with Gasteiger partial charge in [0.05, 0.1) is 7.11 Å². The van der Waals surface area contributed by atoms with E-state index in [-0.39, 0.29) is 5.97 Å². The van der Waals surface area contributed by atoms with E-state index in [1.54, 1.807) is 0 Å². The first-order chi connectivity index (χ1) is 12.6. The molecule has 0 amide bonds. The molecule has 0 radical (unpaired) electrons. The van der Waals surface area contributed by atoms with Crippen molar-refractivity contribution in [3.63, 3.8) is 0 Å². The highest BCUT2D eigenvalue weighted by Gasteiger charge is 2.25. The van der Waals surface area contributed by atoms with E-state index >= 15 is 0 Å². The third kappa shape index (κ3) is 4.24. The number of methoxy groups -OCH3 is 1. The number of rotatable bonds is 4. The Morgan fingerprint density at radius 3 is 2.54 bits per heavy atom. The monoisotopic (exact) mass is 388 g/mol. The lowest BCUT2D eigenvalue weighted by Gasteiger charge is -2.24. The fourth-order valence-electron chi connectivity index (χ4n) is 3.45. The first-order valence-corrected chi connectivity index (χ1v) is 10.2. The predicted molar refractivity (Wildman–Crippen MR) is 112 cm³/mol. The van der Waals surface area contributed by atoms with Crippen LogP contribution >= 0.6 is 23.6 Å². The van der Waals surface area contributed by atoms with Gasteiger partial charge in [-0.1, -0.05) is 49.6 Å². The van der Waals surface area contributed by atoms with Crippen LogP contribution in [0.3, 0.4) is 0 Å². The fourth-order valence-corrected chi connectivity index (χ4v) is 4.86. The number of hydrogen-bond acceptors (Lipinski definition) is 4. The highest BCUT2D eigenvalue weighted by Crippen LogP contribution is 2.40. The van der Waals surface area contributed by atoms with Gasteiger partial charge in [-0.25, -0.2) is 4.79 Å². The van der Waals surface area contributed by atoms with Gasteiger partial charge in [0.2, 0.25) is 0 Å². The van der Waals surface area contributed by atoms with E-state index in [1.165, 1.54) is 37.7 Å². The van der Waals surface area contributed by atoms with Gasteiger partial charge in [-0.3, -0.25) is 0 Å². The molecule has 2 aromatic rings. The van der Waals surface area contributed by atoms with Gasteiger partial charge in [-0.15, -0.1) is 11.3 Å². The van der Waals surface area contributed by atoms with Crippen molar-refractivity contribution in [3.8, 4) is 11.1 Å². The Bertz CT molecular complexity index is 781. The molecular formula is C20H24N2O2S2. The fraction of sp³-hybridized carbons (Fsp3) is 0.400. The van der Waals surface area contributed by atoms with Crippen molar-refractivity contribution in [2.24, 2.45) is 0 Å². The maximum absolute atomic E-state index is 12.5. The molecule has 1 aromatic heterocycles. The highest BCUT2D eigenvalue weighted by molar-refractivity contribution is 7.80. The minimum atomic E-state index is -0.351. The minimum absolute atomic E-state index is 0.351. The number of nitrogens with one attached hydrogen (secondary N) is 2. The lowest BCUT2D eigenvalue weighted by Crippen LogP contribution is -2.38. The number of hydrogen-bond donors (Lipinski definition) is 2. The molecule has 1 aliphatic rings. The van der Waals surface area contributed by atoms with Gasteiger partial charge in [-0.2, -0.15) is 0 Å². The normalized spacial score (nSPS) is 14.7. The van der Waals surface area contributed by atoms with Crippen LogP contribution in [-0.2, 0) is 4.74 Å². The summed E-state index contributed by atoms with van der Waals surface area (Å²) in [6, 6.07) is 10.3. The average Bonchev–Trinajstić information content (AvgIpc) is 2.98. The molecule has 0 spiro atoms. The summed E-state index contributed by atoms with van der Waals surface area (Å²) in [5, 5.41) is 7.95. The SMILES string of the molecule is COC(=O)c1c(NC(=S)NC2CCCCC2)sc(C)c1-c1ccccc1. The van der Waals surface area contributed by atoms with Crippen LogP contribution in [0, 0.1) is 6.92 Å². The summed E-state index contributed by atoms with van der Waals surface area (Å²) in [5.41, 5.74) is 2.46. The molecule has 0 saturated heterocycles. The molecule has 0 aliphatic heterocycles. The summed E-state index contributed by atoms with van der Waals surface area (Å²) in [5.74, 6) is -0.351. The van der Waals surface area contributed by atoms with Crippen LogP contribution in [0.25, 0.3) is 11.1 Å². The number of thiocarbonyl (C=S) groups is 1. The van der Waals surface area contributed by atoms with Crippen molar-refractivity contribution in [1.29, 1.82) is 0 Å². The predicted octanol–water partition coefficient (Wildman–Crippen LogP) is 5.13. The third-order valence-electron chi connectivity index (χ3n) is 4.70. The van der Waals surface area contributed by atoms with Crippen molar-refractivity contribution in [2.45, 2.75) is 45.1 Å². The Morgan fingerprint density at radius 2 is 1.88 bits per heavy atom. The molecule has 6 heteroatoms. The number of carbonyl (C=O) groups is 1. The van der Waals surface area contributed by atoms with E-state index < -0.39 is 0 Å². The second-order valence-electron chi connectivity index (χ2n) is 6.53. The largest absolute Gasteiger partial charge is 0.465 e. The van der Waals surface area contributed by atoms with Crippen molar-refractivity contribution >= 4 is 39.6 Å². The lowest BCUT2D eigenvalue weighted by molar-refractivity contribution is 0.0603. The number of ether oxygens (including phenoxy) is 1. The van der Waals surface area contributed by atoms with Crippen LogP contribution < -0.4 is 10.6 Å². The Labute approximate surface area is 164 Å². The zero-order chi connectivity index (χ0) is 18.5. The Kier molecular flexibility index (Phi) is 6.27. The summed E-state index contributed by atoms with van der Waals surface area (Å²) >= 11 is 7.03. The maximum atomic E-state index is 12.5. The number of aryl methyl sites for hydroxylation is 1. The first kappa shape index (κ1) is 18.9. The first-order valence-electron chi connectivity index (χ1n) is 8.94. The van der Waals surface area contributed by atoms with E-state index in [9.17, 15) is 4.79 Å². The lowest BCUT2D eigenvalue weighted by atomic mass is 9.96. The van der Waals surface area contributed by atoms with Crippen LogP contribution in [0.1, 0.15) is 47.3 Å². The van der Waals surface area contributed by atoms with Crippen LogP contribution in [0.5, 0.6) is 0 Å². The number of benzene rings is 1. The summed E-state index contributed by atoms with van der Waals surface area (Å²) in [7, 11) is 1.41. The summed E-state index contributed by atoms with van der Waals surface area (Å²) in [6.45, 7) is 2.02.